The van der Waals surface area contributed by atoms with Crippen LogP contribution in [0.2, 0.25) is 0 Å². The summed E-state index contributed by atoms with van der Waals surface area (Å²) < 4.78 is 13.0. The van der Waals surface area contributed by atoms with Crippen molar-refractivity contribution in [2.45, 2.75) is 32.3 Å². The molecular formula is C20H23N3O3S. The Morgan fingerprint density at radius 3 is 3.00 bits per heavy atom. The highest BCUT2D eigenvalue weighted by molar-refractivity contribution is 7.15. The second-order valence-electron chi connectivity index (χ2n) is 6.58. The molecule has 6 nitrogen and oxygen atoms in total. The van der Waals surface area contributed by atoms with E-state index in [0.29, 0.717) is 19.6 Å². The molecule has 4 rings (SSSR count). The van der Waals surface area contributed by atoms with Crippen molar-refractivity contribution in [1.29, 1.82) is 0 Å². The first-order chi connectivity index (χ1) is 13.2. The van der Waals surface area contributed by atoms with E-state index in [9.17, 15) is 4.79 Å². The summed E-state index contributed by atoms with van der Waals surface area (Å²) >= 11 is 1.55. The van der Waals surface area contributed by atoms with Gasteiger partial charge in [0.05, 0.1) is 24.8 Å². The van der Waals surface area contributed by atoms with Crippen LogP contribution in [0.1, 0.15) is 25.5 Å². The number of nitrogens with zero attached hydrogens (tertiary/aromatic N) is 2. The van der Waals surface area contributed by atoms with Gasteiger partial charge in [-0.3, -0.25) is 9.20 Å². The number of hydrogen-bond acceptors (Lipinski definition) is 5. The van der Waals surface area contributed by atoms with E-state index >= 15 is 0 Å². The summed E-state index contributed by atoms with van der Waals surface area (Å²) in [5, 5.41) is 4.97. The molecule has 0 bridgehead atoms. The molecule has 1 atom stereocenters. The SMILES string of the molecule is CCOc1ccc(-c2cn3c(CC(=O)NC[C@@H]4CCCO4)csc3n2)cc1. The van der Waals surface area contributed by atoms with E-state index in [1.165, 1.54) is 0 Å². The molecular weight excluding hydrogens is 362 g/mol. The summed E-state index contributed by atoms with van der Waals surface area (Å²) in [6.07, 6.45) is 4.59. The number of ether oxygens (including phenoxy) is 2. The Bertz CT molecular complexity index is 910. The summed E-state index contributed by atoms with van der Waals surface area (Å²) in [7, 11) is 0. The number of hydrogen-bond donors (Lipinski definition) is 1. The fourth-order valence-electron chi connectivity index (χ4n) is 3.24. The van der Waals surface area contributed by atoms with Crippen LogP contribution in [0.5, 0.6) is 5.75 Å². The molecule has 1 amide bonds. The third-order valence-electron chi connectivity index (χ3n) is 4.64. The molecule has 1 N–H and O–H groups in total. The highest BCUT2D eigenvalue weighted by Crippen LogP contribution is 2.25. The van der Waals surface area contributed by atoms with Crippen LogP contribution in [0.15, 0.2) is 35.8 Å². The Labute approximate surface area is 162 Å². The van der Waals surface area contributed by atoms with Crippen LogP contribution < -0.4 is 10.1 Å². The first-order valence-electron chi connectivity index (χ1n) is 9.30. The molecule has 1 aromatic carbocycles. The zero-order valence-corrected chi connectivity index (χ0v) is 16.1. The predicted octanol–water partition coefficient (Wildman–Crippen LogP) is 3.30. The second-order valence-corrected chi connectivity index (χ2v) is 7.42. The third-order valence-corrected chi connectivity index (χ3v) is 5.53. The Balaban J connectivity index is 1.44. The van der Waals surface area contributed by atoms with Crippen LogP contribution in [-0.4, -0.2) is 41.2 Å². The smallest absolute Gasteiger partial charge is 0.226 e. The predicted molar refractivity (Wildman–Crippen MR) is 105 cm³/mol. The van der Waals surface area contributed by atoms with Gasteiger partial charge in [-0.2, -0.15) is 0 Å². The highest BCUT2D eigenvalue weighted by atomic mass is 32.1. The van der Waals surface area contributed by atoms with E-state index in [1.54, 1.807) is 11.3 Å². The molecule has 0 unspecified atom stereocenters. The molecule has 1 saturated heterocycles. The van der Waals surface area contributed by atoms with Crippen molar-refractivity contribution in [2.24, 2.45) is 0 Å². The van der Waals surface area contributed by atoms with Crippen molar-refractivity contribution in [3.05, 3.63) is 41.5 Å². The van der Waals surface area contributed by atoms with Crippen LogP contribution in [0.4, 0.5) is 0 Å². The molecule has 0 radical (unpaired) electrons. The number of carbonyl (C=O) groups excluding carboxylic acids is 1. The lowest BCUT2D eigenvalue weighted by Crippen LogP contribution is -2.32. The number of benzene rings is 1. The minimum Gasteiger partial charge on any atom is -0.494 e. The zero-order valence-electron chi connectivity index (χ0n) is 15.3. The standard InChI is InChI=1S/C20H23N3O3S/c1-2-25-16-7-5-14(6-8-16)18-12-23-15(13-27-20(23)22-18)10-19(24)21-11-17-4-3-9-26-17/h5-8,12-13,17H,2-4,9-11H2,1H3,(H,21,24)/t17-/m0/s1. The molecule has 1 fully saturated rings. The molecule has 3 heterocycles. The number of aromatic nitrogens is 2. The van der Waals surface area contributed by atoms with Gasteiger partial charge in [0.2, 0.25) is 5.91 Å². The minimum atomic E-state index is 0.0153. The van der Waals surface area contributed by atoms with Gasteiger partial charge in [0.1, 0.15) is 5.75 Å². The lowest BCUT2D eigenvalue weighted by molar-refractivity contribution is -0.121. The Hall–Kier alpha value is -2.38. The maximum Gasteiger partial charge on any atom is 0.226 e. The highest BCUT2D eigenvalue weighted by Gasteiger charge is 2.17. The van der Waals surface area contributed by atoms with Gasteiger partial charge in [-0.05, 0) is 44.0 Å². The molecule has 3 aromatic rings. The van der Waals surface area contributed by atoms with Crippen molar-refractivity contribution in [1.82, 2.24) is 14.7 Å². The van der Waals surface area contributed by atoms with Crippen molar-refractivity contribution < 1.29 is 14.3 Å². The van der Waals surface area contributed by atoms with Gasteiger partial charge < -0.3 is 14.8 Å². The van der Waals surface area contributed by atoms with Gasteiger partial charge >= 0.3 is 0 Å². The summed E-state index contributed by atoms with van der Waals surface area (Å²) in [6.45, 7) is 4.01. The average Bonchev–Trinajstić information content (AvgIpc) is 3.40. The normalized spacial score (nSPS) is 16.7. The second kappa shape index (κ2) is 8.10. The molecule has 2 aromatic heterocycles. The minimum absolute atomic E-state index is 0.0153. The Morgan fingerprint density at radius 2 is 2.26 bits per heavy atom. The van der Waals surface area contributed by atoms with E-state index in [4.69, 9.17) is 9.47 Å². The maximum atomic E-state index is 12.3. The van der Waals surface area contributed by atoms with Gasteiger partial charge in [-0.25, -0.2) is 4.98 Å². The molecule has 0 spiro atoms. The van der Waals surface area contributed by atoms with Gasteiger partial charge in [-0.15, -0.1) is 11.3 Å². The molecule has 7 heteroatoms. The first kappa shape index (κ1) is 18.0. The molecule has 1 aliphatic heterocycles. The van der Waals surface area contributed by atoms with Crippen molar-refractivity contribution in [3.63, 3.8) is 0 Å². The molecule has 1 aliphatic rings. The van der Waals surface area contributed by atoms with E-state index in [0.717, 1.165) is 47.1 Å². The van der Waals surface area contributed by atoms with Gasteiger partial charge in [0, 0.05) is 36.0 Å². The van der Waals surface area contributed by atoms with Crippen molar-refractivity contribution in [2.75, 3.05) is 19.8 Å². The topological polar surface area (TPSA) is 64.9 Å². The number of rotatable bonds is 7. The largest absolute Gasteiger partial charge is 0.494 e. The summed E-state index contributed by atoms with van der Waals surface area (Å²) in [5.74, 6) is 0.868. The maximum absolute atomic E-state index is 12.3. The zero-order chi connectivity index (χ0) is 18.6. The molecule has 0 aliphatic carbocycles. The third kappa shape index (κ3) is 4.14. The van der Waals surface area contributed by atoms with E-state index in [1.807, 2.05) is 47.2 Å². The van der Waals surface area contributed by atoms with Crippen LogP contribution >= 0.6 is 11.3 Å². The lowest BCUT2D eigenvalue weighted by Gasteiger charge is -2.10. The molecule has 0 saturated carbocycles. The van der Waals surface area contributed by atoms with Crippen LogP contribution in [0, 0.1) is 0 Å². The summed E-state index contributed by atoms with van der Waals surface area (Å²) in [5.41, 5.74) is 2.87. The fraction of sp³-hybridized carbons (Fsp3) is 0.400. The monoisotopic (exact) mass is 385 g/mol. The number of amides is 1. The van der Waals surface area contributed by atoms with E-state index in [2.05, 4.69) is 10.3 Å². The van der Waals surface area contributed by atoms with E-state index < -0.39 is 0 Å². The number of fused-ring (bicyclic) bond motifs is 1. The number of imidazole rings is 1. The quantitative estimate of drug-likeness (QED) is 0.678. The number of thiazole rings is 1. The Morgan fingerprint density at radius 1 is 1.41 bits per heavy atom. The average molecular weight is 385 g/mol. The van der Waals surface area contributed by atoms with Crippen LogP contribution in [0.3, 0.4) is 0 Å². The Kier molecular flexibility index (Phi) is 5.40. The van der Waals surface area contributed by atoms with Gasteiger partial charge in [0.15, 0.2) is 4.96 Å². The summed E-state index contributed by atoms with van der Waals surface area (Å²) in [4.78, 5) is 17.9. The fourth-order valence-corrected chi connectivity index (χ4v) is 4.12. The number of nitrogens with one attached hydrogen (secondary N) is 1. The van der Waals surface area contributed by atoms with Crippen LogP contribution in [0.25, 0.3) is 16.2 Å². The molecule has 142 valence electrons. The van der Waals surface area contributed by atoms with E-state index in [-0.39, 0.29) is 12.0 Å². The van der Waals surface area contributed by atoms with Crippen molar-refractivity contribution in [3.8, 4) is 17.0 Å². The van der Waals surface area contributed by atoms with Crippen molar-refractivity contribution >= 4 is 22.2 Å². The number of carbonyl (C=O) groups is 1. The van der Waals surface area contributed by atoms with Gasteiger partial charge in [-0.1, -0.05) is 0 Å². The lowest BCUT2D eigenvalue weighted by atomic mass is 10.1. The first-order valence-corrected chi connectivity index (χ1v) is 10.2. The summed E-state index contributed by atoms with van der Waals surface area (Å²) in [6, 6.07) is 7.91. The molecule has 27 heavy (non-hydrogen) atoms. The van der Waals surface area contributed by atoms with Gasteiger partial charge in [0.25, 0.3) is 0 Å². The van der Waals surface area contributed by atoms with Crippen LogP contribution in [-0.2, 0) is 16.0 Å².